The minimum absolute atomic E-state index is 0.0448. The Balaban J connectivity index is 2.65. The Labute approximate surface area is 104 Å². The van der Waals surface area contributed by atoms with E-state index in [2.05, 4.69) is 15.9 Å². The number of Topliss-reactive ketones (excluding diaryl/α,β-unsaturated/α-hetero) is 1. The number of halogens is 1. The van der Waals surface area contributed by atoms with E-state index in [0.29, 0.717) is 6.54 Å². The van der Waals surface area contributed by atoms with Crippen molar-refractivity contribution in [1.82, 2.24) is 4.90 Å². The molecule has 0 aromatic rings. The molecule has 1 atom stereocenters. The third-order valence-electron chi connectivity index (χ3n) is 2.38. The SMILES string of the molecule is CC(C)(C)OC(=O)N1CCC[C@H]1C(=O)CBr. The highest BCUT2D eigenvalue weighted by atomic mass is 79.9. The lowest BCUT2D eigenvalue weighted by Crippen LogP contribution is -2.43. The van der Waals surface area contributed by atoms with E-state index in [9.17, 15) is 9.59 Å². The number of ether oxygens (including phenoxy) is 1. The first-order valence-electron chi connectivity index (χ1n) is 5.43. The Morgan fingerprint density at radius 1 is 1.44 bits per heavy atom. The number of carbonyl (C=O) groups is 2. The van der Waals surface area contributed by atoms with E-state index in [0.717, 1.165) is 12.8 Å². The van der Waals surface area contributed by atoms with E-state index < -0.39 is 5.60 Å². The average Bonchev–Trinajstić information content (AvgIpc) is 2.62. The van der Waals surface area contributed by atoms with E-state index in [-0.39, 0.29) is 23.2 Å². The van der Waals surface area contributed by atoms with Crippen molar-refractivity contribution in [2.24, 2.45) is 0 Å². The van der Waals surface area contributed by atoms with Gasteiger partial charge in [0.15, 0.2) is 5.78 Å². The molecular weight excluding hydrogens is 274 g/mol. The number of likely N-dealkylation sites (tertiary alicyclic amines) is 1. The van der Waals surface area contributed by atoms with Crippen LogP contribution in [0.5, 0.6) is 0 Å². The summed E-state index contributed by atoms with van der Waals surface area (Å²) in [5.41, 5.74) is -0.512. The molecule has 0 radical (unpaired) electrons. The first-order chi connectivity index (χ1) is 7.35. The van der Waals surface area contributed by atoms with Crippen LogP contribution in [-0.4, -0.2) is 40.3 Å². The normalized spacial score (nSPS) is 21.0. The lowest BCUT2D eigenvalue weighted by molar-refractivity contribution is -0.120. The van der Waals surface area contributed by atoms with Gasteiger partial charge in [0.05, 0.1) is 11.4 Å². The zero-order chi connectivity index (χ0) is 12.3. The summed E-state index contributed by atoms with van der Waals surface area (Å²) in [6.45, 7) is 6.07. The number of hydrogen-bond acceptors (Lipinski definition) is 3. The highest BCUT2D eigenvalue weighted by Crippen LogP contribution is 2.21. The van der Waals surface area contributed by atoms with Crippen molar-refractivity contribution in [2.75, 3.05) is 11.9 Å². The van der Waals surface area contributed by atoms with Crippen molar-refractivity contribution in [3.8, 4) is 0 Å². The average molecular weight is 292 g/mol. The molecule has 0 saturated carbocycles. The molecule has 0 aliphatic carbocycles. The van der Waals surface area contributed by atoms with Crippen LogP contribution < -0.4 is 0 Å². The summed E-state index contributed by atoms with van der Waals surface area (Å²) < 4.78 is 5.27. The maximum atomic E-state index is 11.8. The van der Waals surface area contributed by atoms with Crippen molar-refractivity contribution in [3.05, 3.63) is 0 Å². The largest absolute Gasteiger partial charge is 0.444 e. The van der Waals surface area contributed by atoms with Gasteiger partial charge < -0.3 is 4.74 Å². The quantitative estimate of drug-likeness (QED) is 0.734. The van der Waals surface area contributed by atoms with E-state index in [1.165, 1.54) is 4.90 Å². The second-order valence-corrected chi connectivity index (χ2v) is 5.49. The van der Waals surface area contributed by atoms with Gasteiger partial charge in [-0.15, -0.1) is 0 Å². The summed E-state index contributed by atoms with van der Waals surface area (Å²) in [6, 6.07) is -0.311. The van der Waals surface area contributed by atoms with Gasteiger partial charge in [-0.3, -0.25) is 9.69 Å². The molecule has 1 fully saturated rings. The van der Waals surface area contributed by atoms with Gasteiger partial charge in [0, 0.05) is 6.54 Å². The van der Waals surface area contributed by atoms with E-state index in [4.69, 9.17) is 4.74 Å². The summed E-state index contributed by atoms with van der Waals surface area (Å²) in [5.74, 6) is 0.0448. The van der Waals surface area contributed by atoms with Crippen LogP contribution in [0.25, 0.3) is 0 Å². The number of ketones is 1. The van der Waals surface area contributed by atoms with Crippen molar-refractivity contribution in [2.45, 2.75) is 45.3 Å². The summed E-state index contributed by atoms with van der Waals surface area (Å²) in [4.78, 5) is 25.0. The maximum absolute atomic E-state index is 11.8. The molecule has 1 saturated heterocycles. The summed E-state index contributed by atoms with van der Waals surface area (Å²) in [6.07, 6.45) is 1.22. The van der Waals surface area contributed by atoms with Crippen molar-refractivity contribution < 1.29 is 14.3 Å². The minimum atomic E-state index is -0.512. The first-order valence-corrected chi connectivity index (χ1v) is 6.55. The molecule has 0 spiro atoms. The monoisotopic (exact) mass is 291 g/mol. The van der Waals surface area contributed by atoms with Crippen molar-refractivity contribution in [3.63, 3.8) is 0 Å². The van der Waals surface area contributed by atoms with Crippen LogP contribution in [0.2, 0.25) is 0 Å². The van der Waals surface area contributed by atoms with Gasteiger partial charge in [0.2, 0.25) is 0 Å². The van der Waals surface area contributed by atoms with Gasteiger partial charge in [0.25, 0.3) is 0 Å². The van der Waals surface area contributed by atoms with E-state index in [1.54, 1.807) is 0 Å². The van der Waals surface area contributed by atoms with Gasteiger partial charge in [0.1, 0.15) is 5.60 Å². The molecule has 92 valence electrons. The van der Waals surface area contributed by atoms with Crippen molar-refractivity contribution >= 4 is 27.8 Å². The predicted octanol–water partition coefficient (Wildman–Crippen LogP) is 2.35. The number of nitrogens with zero attached hydrogens (tertiary/aromatic N) is 1. The fraction of sp³-hybridized carbons (Fsp3) is 0.818. The third-order valence-corrected chi connectivity index (χ3v) is 2.94. The van der Waals surface area contributed by atoms with Gasteiger partial charge in [-0.1, -0.05) is 15.9 Å². The van der Waals surface area contributed by atoms with Crippen LogP contribution in [-0.2, 0) is 9.53 Å². The standard InChI is InChI=1S/C11H18BrNO3/c1-11(2,3)16-10(15)13-6-4-5-8(13)9(14)7-12/h8H,4-7H2,1-3H3/t8-/m0/s1. The number of amides is 1. The molecule has 1 heterocycles. The molecule has 0 N–H and O–H groups in total. The van der Waals surface area contributed by atoms with E-state index >= 15 is 0 Å². The Hall–Kier alpha value is -0.580. The Bertz CT molecular complexity index is 285. The number of hydrogen-bond donors (Lipinski definition) is 0. The Morgan fingerprint density at radius 3 is 2.56 bits per heavy atom. The lowest BCUT2D eigenvalue weighted by atomic mass is 10.1. The molecular formula is C11H18BrNO3. The smallest absolute Gasteiger partial charge is 0.410 e. The second kappa shape index (κ2) is 5.17. The first kappa shape index (κ1) is 13.5. The topological polar surface area (TPSA) is 46.6 Å². The molecule has 16 heavy (non-hydrogen) atoms. The van der Waals surface area contributed by atoms with Crippen LogP contribution in [0.4, 0.5) is 4.79 Å². The Morgan fingerprint density at radius 2 is 2.06 bits per heavy atom. The third kappa shape index (κ3) is 3.47. The summed E-state index contributed by atoms with van der Waals surface area (Å²) >= 11 is 3.13. The van der Waals surface area contributed by atoms with Crippen LogP contribution >= 0.6 is 15.9 Å². The van der Waals surface area contributed by atoms with Gasteiger partial charge in [-0.25, -0.2) is 4.79 Å². The molecule has 1 aliphatic heterocycles. The van der Waals surface area contributed by atoms with Crippen LogP contribution in [0.1, 0.15) is 33.6 Å². The molecule has 0 bridgehead atoms. The fourth-order valence-corrected chi connectivity index (χ4v) is 2.10. The lowest BCUT2D eigenvalue weighted by Gasteiger charge is -2.27. The van der Waals surface area contributed by atoms with Crippen LogP contribution in [0.3, 0.4) is 0 Å². The van der Waals surface area contributed by atoms with Crippen LogP contribution in [0, 0.1) is 0 Å². The fourth-order valence-electron chi connectivity index (χ4n) is 1.73. The predicted molar refractivity (Wildman–Crippen MR) is 64.8 cm³/mol. The highest BCUT2D eigenvalue weighted by Gasteiger charge is 2.35. The molecule has 0 unspecified atom stereocenters. The number of carbonyl (C=O) groups excluding carboxylic acids is 2. The molecule has 1 aliphatic rings. The molecule has 0 aromatic heterocycles. The molecule has 5 heteroatoms. The number of rotatable bonds is 2. The number of alkyl halides is 1. The molecule has 4 nitrogen and oxygen atoms in total. The Kier molecular flexibility index (Phi) is 4.35. The van der Waals surface area contributed by atoms with Gasteiger partial charge >= 0.3 is 6.09 Å². The highest BCUT2D eigenvalue weighted by molar-refractivity contribution is 9.09. The molecule has 0 aromatic carbocycles. The van der Waals surface area contributed by atoms with Gasteiger partial charge in [-0.2, -0.15) is 0 Å². The summed E-state index contributed by atoms with van der Waals surface area (Å²) in [5, 5.41) is 0.289. The summed E-state index contributed by atoms with van der Waals surface area (Å²) in [7, 11) is 0. The van der Waals surface area contributed by atoms with E-state index in [1.807, 2.05) is 20.8 Å². The van der Waals surface area contributed by atoms with Crippen molar-refractivity contribution in [1.29, 1.82) is 0 Å². The zero-order valence-corrected chi connectivity index (χ0v) is 11.5. The maximum Gasteiger partial charge on any atom is 0.410 e. The van der Waals surface area contributed by atoms with Crippen LogP contribution in [0.15, 0.2) is 0 Å². The van der Waals surface area contributed by atoms with Gasteiger partial charge in [-0.05, 0) is 33.6 Å². The second-order valence-electron chi connectivity index (χ2n) is 4.93. The zero-order valence-electron chi connectivity index (χ0n) is 9.96. The molecule has 1 amide bonds. The molecule has 1 rings (SSSR count). The minimum Gasteiger partial charge on any atom is -0.444 e.